The zero-order valence-corrected chi connectivity index (χ0v) is 12.6. The van der Waals surface area contributed by atoms with Crippen molar-refractivity contribution < 1.29 is 9.13 Å². The Hall–Kier alpha value is -0.970. The van der Waals surface area contributed by atoms with Crippen LogP contribution < -0.4 is 5.73 Å². The first kappa shape index (κ1) is 15.4. The van der Waals surface area contributed by atoms with E-state index in [9.17, 15) is 4.39 Å². The van der Waals surface area contributed by atoms with Gasteiger partial charge in [0.25, 0.3) is 0 Å². The first-order valence-corrected chi connectivity index (χ1v) is 7.35. The van der Waals surface area contributed by atoms with Crippen LogP contribution >= 0.6 is 0 Å². The fraction of sp³-hybridized carbons (Fsp3) is 0.625. The third-order valence-corrected chi connectivity index (χ3v) is 3.92. The third-order valence-electron chi connectivity index (χ3n) is 3.92. The van der Waals surface area contributed by atoms with E-state index in [1.54, 1.807) is 12.1 Å². The van der Waals surface area contributed by atoms with Crippen LogP contribution in [0.15, 0.2) is 24.3 Å². The second-order valence-corrected chi connectivity index (χ2v) is 6.00. The van der Waals surface area contributed by atoms with Crippen molar-refractivity contribution >= 4 is 0 Å². The summed E-state index contributed by atoms with van der Waals surface area (Å²) < 4.78 is 19.5. The van der Waals surface area contributed by atoms with Crippen LogP contribution in [0.25, 0.3) is 0 Å². The Morgan fingerprint density at radius 2 is 1.90 bits per heavy atom. The van der Waals surface area contributed by atoms with Crippen LogP contribution in [0, 0.1) is 11.7 Å². The smallest absolute Gasteiger partial charge is 0.127 e. The lowest BCUT2D eigenvalue weighted by molar-refractivity contribution is -0.0716. The maximum atomic E-state index is 13.8. The van der Waals surface area contributed by atoms with Gasteiger partial charge < -0.3 is 10.5 Å². The minimum absolute atomic E-state index is 0.199. The first-order valence-electron chi connectivity index (χ1n) is 7.35. The van der Waals surface area contributed by atoms with Gasteiger partial charge in [0.05, 0.1) is 12.2 Å². The molecule has 112 valence electrons. The molecule has 0 radical (unpaired) electrons. The van der Waals surface area contributed by atoms with E-state index >= 15 is 0 Å². The Morgan fingerprint density at radius 1 is 1.30 bits per heavy atom. The molecule has 0 bridgehead atoms. The molecule has 20 heavy (non-hydrogen) atoms. The van der Waals surface area contributed by atoms with Crippen molar-refractivity contribution in [2.45, 2.75) is 39.0 Å². The topological polar surface area (TPSA) is 38.5 Å². The summed E-state index contributed by atoms with van der Waals surface area (Å²) in [6.45, 7) is 8.96. The summed E-state index contributed by atoms with van der Waals surface area (Å²) in [4.78, 5) is 2.37. The highest BCUT2D eigenvalue weighted by Crippen LogP contribution is 2.23. The van der Waals surface area contributed by atoms with Gasteiger partial charge in [-0.2, -0.15) is 0 Å². The van der Waals surface area contributed by atoms with Gasteiger partial charge in [0.15, 0.2) is 0 Å². The highest BCUT2D eigenvalue weighted by atomic mass is 19.1. The number of nitrogens with two attached hydrogens (primary N) is 1. The molecule has 4 unspecified atom stereocenters. The number of hydrogen-bond acceptors (Lipinski definition) is 3. The molecule has 4 atom stereocenters. The van der Waals surface area contributed by atoms with Crippen molar-refractivity contribution in [3.05, 3.63) is 35.6 Å². The van der Waals surface area contributed by atoms with Crippen molar-refractivity contribution in [1.82, 2.24) is 4.90 Å². The molecule has 1 aromatic carbocycles. The molecular formula is C16H25FN2O. The van der Waals surface area contributed by atoms with Gasteiger partial charge in [-0.05, 0) is 25.8 Å². The lowest BCUT2D eigenvalue weighted by atomic mass is 9.94. The largest absolute Gasteiger partial charge is 0.373 e. The van der Waals surface area contributed by atoms with Crippen molar-refractivity contribution in [3.8, 4) is 0 Å². The van der Waals surface area contributed by atoms with Crippen LogP contribution in [0.1, 0.15) is 32.4 Å². The summed E-state index contributed by atoms with van der Waals surface area (Å²) in [5, 5.41) is 0. The van der Waals surface area contributed by atoms with E-state index in [0.717, 1.165) is 19.6 Å². The van der Waals surface area contributed by atoms with Crippen LogP contribution in [0.5, 0.6) is 0 Å². The predicted molar refractivity (Wildman–Crippen MR) is 78.9 cm³/mol. The summed E-state index contributed by atoms with van der Waals surface area (Å²) in [5.41, 5.74) is 6.83. The molecule has 0 amide bonds. The molecule has 0 aromatic heterocycles. The van der Waals surface area contributed by atoms with Crippen molar-refractivity contribution in [2.24, 2.45) is 11.7 Å². The minimum atomic E-state index is -0.273. The molecule has 3 nitrogen and oxygen atoms in total. The summed E-state index contributed by atoms with van der Waals surface area (Å²) >= 11 is 0. The Morgan fingerprint density at radius 3 is 2.50 bits per heavy atom. The van der Waals surface area contributed by atoms with E-state index in [0.29, 0.717) is 5.56 Å². The Labute approximate surface area is 120 Å². The van der Waals surface area contributed by atoms with Crippen LogP contribution in [0.2, 0.25) is 0 Å². The molecule has 0 saturated carbocycles. The fourth-order valence-corrected chi connectivity index (χ4v) is 3.01. The van der Waals surface area contributed by atoms with Gasteiger partial charge in [0, 0.05) is 31.2 Å². The van der Waals surface area contributed by atoms with E-state index in [1.807, 2.05) is 6.07 Å². The molecule has 2 N–H and O–H groups in total. The van der Waals surface area contributed by atoms with Crippen LogP contribution in [-0.2, 0) is 4.74 Å². The average molecular weight is 280 g/mol. The molecule has 0 aliphatic carbocycles. The zero-order chi connectivity index (χ0) is 14.7. The van der Waals surface area contributed by atoms with E-state index in [-0.39, 0.29) is 30.0 Å². The van der Waals surface area contributed by atoms with Crippen LogP contribution in [0.3, 0.4) is 0 Å². The van der Waals surface area contributed by atoms with Gasteiger partial charge in [0.2, 0.25) is 0 Å². The normalized spacial score (nSPS) is 27.2. The summed E-state index contributed by atoms with van der Waals surface area (Å²) in [5.74, 6) is -0.0139. The summed E-state index contributed by atoms with van der Waals surface area (Å²) in [6, 6.07) is 6.51. The molecule has 0 spiro atoms. The molecule has 4 heteroatoms. The lowest BCUT2D eigenvalue weighted by Gasteiger charge is -2.37. The predicted octanol–water partition coefficient (Wildman–Crippen LogP) is 2.57. The molecule has 1 heterocycles. The average Bonchev–Trinajstić information content (AvgIpc) is 2.37. The lowest BCUT2D eigenvalue weighted by Crippen LogP contribution is -2.47. The standard InChI is InChI=1S/C16H25FN2O/c1-11(8-19-9-12(2)20-13(3)10-19)16(18)14-6-4-5-7-15(14)17/h4-7,11-13,16H,8-10,18H2,1-3H3. The van der Waals surface area contributed by atoms with Gasteiger partial charge >= 0.3 is 0 Å². The molecule has 1 aliphatic rings. The van der Waals surface area contributed by atoms with Gasteiger partial charge in [-0.1, -0.05) is 25.1 Å². The Balaban J connectivity index is 1.97. The molecule has 1 aliphatic heterocycles. The number of morpholine rings is 1. The highest BCUT2D eigenvalue weighted by molar-refractivity contribution is 5.21. The number of nitrogens with zero attached hydrogens (tertiary/aromatic N) is 1. The number of ether oxygens (including phenoxy) is 1. The van der Waals surface area contributed by atoms with E-state index in [2.05, 4.69) is 25.7 Å². The van der Waals surface area contributed by atoms with Gasteiger partial charge in [-0.3, -0.25) is 4.90 Å². The molecular weight excluding hydrogens is 255 g/mol. The second kappa shape index (κ2) is 6.66. The van der Waals surface area contributed by atoms with Gasteiger partial charge in [-0.25, -0.2) is 4.39 Å². The van der Waals surface area contributed by atoms with E-state index in [4.69, 9.17) is 10.5 Å². The maximum Gasteiger partial charge on any atom is 0.127 e. The minimum Gasteiger partial charge on any atom is -0.373 e. The molecule has 2 rings (SSSR count). The monoisotopic (exact) mass is 280 g/mol. The van der Waals surface area contributed by atoms with Crippen LogP contribution in [0.4, 0.5) is 4.39 Å². The number of halogens is 1. The number of benzene rings is 1. The van der Waals surface area contributed by atoms with Crippen molar-refractivity contribution in [3.63, 3.8) is 0 Å². The van der Waals surface area contributed by atoms with E-state index < -0.39 is 0 Å². The van der Waals surface area contributed by atoms with Crippen molar-refractivity contribution in [1.29, 1.82) is 0 Å². The highest BCUT2D eigenvalue weighted by Gasteiger charge is 2.26. The SMILES string of the molecule is CC1CN(CC(C)C(N)c2ccccc2F)CC(C)O1. The summed E-state index contributed by atoms with van der Waals surface area (Å²) in [7, 11) is 0. The Kier molecular flexibility index (Phi) is 5.13. The van der Waals surface area contributed by atoms with E-state index in [1.165, 1.54) is 6.07 Å². The fourth-order valence-electron chi connectivity index (χ4n) is 3.01. The maximum absolute atomic E-state index is 13.8. The quantitative estimate of drug-likeness (QED) is 0.921. The molecule has 1 saturated heterocycles. The van der Waals surface area contributed by atoms with Crippen LogP contribution in [-0.4, -0.2) is 36.7 Å². The number of rotatable bonds is 4. The molecule has 1 fully saturated rings. The summed E-state index contributed by atoms with van der Waals surface area (Å²) in [6.07, 6.45) is 0.492. The second-order valence-electron chi connectivity index (χ2n) is 6.00. The molecule has 1 aromatic rings. The first-order chi connectivity index (χ1) is 9.47. The number of hydrogen-bond donors (Lipinski definition) is 1. The van der Waals surface area contributed by atoms with Gasteiger partial charge in [0.1, 0.15) is 5.82 Å². The Bertz CT molecular complexity index is 430. The van der Waals surface area contributed by atoms with Gasteiger partial charge in [-0.15, -0.1) is 0 Å². The zero-order valence-electron chi connectivity index (χ0n) is 12.6. The third kappa shape index (κ3) is 3.78. The van der Waals surface area contributed by atoms with Crippen molar-refractivity contribution in [2.75, 3.05) is 19.6 Å².